The molecule has 1 atom stereocenters. The average Bonchev–Trinajstić information content (AvgIpc) is 2.57. The molecule has 1 amide bonds. The van der Waals surface area contributed by atoms with Gasteiger partial charge < -0.3 is 15.8 Å². The van der Waals surface area contributed by atoms with Crippen LogP contribution in [0, 0.1) is 0 Å². The highest BCUT2D eigenvalue weighted by Crippen LogP contribution is 2.25. The van der Waals surface area contributed by atoms with Gasteiger partial charge in [0.25, 0.3) is 0 Å². The third kappa shape index (κ3) is 5.07. The number of aromatic nitrogens is 2. The van der Waals surface area contributed by atoms with Crippen molar-refractivity contribution in [2.24, 2.45) is 0 Å². The molecule has 0 unspecified atom stereocenters. The highest BCUT2D eigenvalue weighted by molar-refractivity contribution is 8.00. The first kappa shape index (κ1) is 19.0. The lowest BCUT2D eigenvalue weighted by atomic mass is 10.3. The van der Waals surface area contributed by atoms with Crippen LogP contribution in [0.1, 0.15) is 24.2 Å². The van der Waals surface area contributed by atoms with E-state index in [-0.39, 0.29) is 29.1 Å². The van der Waals surface area contributed by atoms with Gasteiger partial charge in [0.2, 0.25) is 5.91 Å². The molecule has 1 aromatic carbocycles. The van der Waals surface area contributed by atoms with Gasteiger partial charge in [0.1, 0.15) is 11.4 Å². The Kier molecular flexibility index (Phi) is 6.60. The Bertz CT molecular complexity index is 788. The van der Waals surface area contributed by atoms with Crippen molar-refractivity contribution in [3.8, 4) is 0 Å². The molecule has 1 aromatic heterocycles. The summed E-state index contributed by atoms with van der Waals surface area (Å²) in [5.41, 5.74) is 6.39. The largest absolute Gasteiger partial charge is 0.462 e. The van der Waals surface area contributed by atoms with Crippen LogP contribution < -0.4 is 11.1 Å². The number of amides is 1. The topological polar surface area (TPSA) is 107 Å². The van der Waals surface area contributed by atoms with Crippen LogP contribution in [0.4, 0.5) is 11.5 Å². The van der Waals surface area contributed by atoms with Crippen molar-refractivity contribution in [2.75, 3.05) is 17.7 Å². The van der Waals surface area contributed by atoms with E-state index in [9.17, 15) is 9.59 Å². The number of thioether (sulfide) groups is 1. The van der Waals surface area contributed by atoms with Gasteiger partial charge in [-0.05, 0) is 26.0 Å². The molecule has 2 rings (SSSR count). The predicted molar refractivity (Wildman–Crippen MR) is 97.8 cm³/mol. The molecule has 0 aliphatic heterocycles. The summed E-state index contributed by atoms with van der Waals surface area (Å²) in [7, 11) is 0. The molecule has 9 heteroatoms. The zero-order chi connectivity index (χ0) is 18.4. The molecule has 1 heterocycles. The van der Waals surface area contributed by atoms with E-state index < -0.39 is 11.2 Å². The fourth-order valence-corrected chi connectivity index (χ4v) is 2.74. The van der Waals surface area contributed by atoms with E-state index in [0.717, 1.165) is 11.8 Å². The number of anilines is 2. The lowest BCUT2D eigenvalue weighted by Gasteiger charge is -2.12. The first-order valence-corrected chi connectivity index (χ1v) is 8.69. The second-order valence-corrected chi connectivity index (χ2v) is 6.62. The van der Waals surface area contributed by atoms with Gasteiger partial charge in [0, 0.05) is 6.20 Å². The molecule has 0 saturated carbocycles. The van der Waals surface area contributed by atoms with Gasteiger partial charge in [-0.15, -0.1) is 0 Å². The molecular weight excluding hydrogens is 364 g/mol. The van der Waals surface area contributed by atoms with Crippen molar-refractivity contribution < 1.29 is 14.3 Å². The maximum atomic E-state index is 12.3. The third-order valence-electron chi connectivity index (χ3n) is 3.07. The van der Waals surface area contributed by atoms with Crippen molar-refractivity contribution in [1.29, 1.82) is 0 Å². The normalized spacial score (nSPS) is 11.6. The van der Waals surface area contributed by atoms with E-state index in [1.165, 1.54) is 6.20 Å². The quantitative estimate of drug-likeness (QED) is 0.450. The summed E-state index contributed by atoms with van der Waals surface area (Å²) in [6, 6.07) is 6.95. The minimum absolute atomic E-state index is 0.00895. The number of nitrogens with zero attached hydrogens (tertiary/aromatic N) is 2. The van der Waals surface area contributed by atoms with Crippen molar-refractivity contribution in [2.45, 2.75) is 24.3 Å². The van der Waals surface area contributed by atoms with Crippen molar-refractivity contribution in [1.82, 2.24) is 9.97 Å². The molecule has 25 heavy (non-hydrogen) atoms. The molecule has 0 bridgehead atoms. The fourth-order valence-electron chi connectivity index (χ4n) is 1.81. The number of hydrogen-bond acceptors (Lipinski definition) is 7. The first-order valence-electron chi connectivity index (χ1n) is 7.44. The third-order valence-corrected chi connectivity index (χ3v) is 4.38. The number of halogens is 1. The molecular formula is C16H17ClN4O3S. The number of nitrogens with one attached hydrogen (secondary N) is 1. The summed E-state index contributed by atoms with van der Waals surface area (Å²) < 4.78 is 4.86. The highest BCUT2D eigenvalue weighted by atomic mass is 35.5. The molecule has 132 valence electrons. The smallest absolute Gasteiger partial charge is 0.343 e. The Labute approximate surface area is 154 Å². The van der Waals surface area contributed by atoms with Gasteiger partial charge in [-0.1, -0.05) is 35.5 Å². The number of carbonyl (C=O) groups excluding carboxylic acids is 2. The Hall–Kier alpha value is -2.32. The van der Waals surface area contributed by atoms with E-state index in [1.54, 1.807) is 38.1 Å². The molecule has 0 radical (unpaired) electrons. The molecule has 0 aliphatic rings. The number of esters is 1. The molecule has 2 aromatic rings. The summed E-state index contributed by atoms with van der Waals surface area (Å²) in [4.78, 5) is 32.0. The fraction of sp³-hybridized carbons (Fsp3) is 0.250. The van der Waals surface area contributed by atoms with Crippen LogP contribution in [0.25, 0.3) is 0 Å². The molecule has 0 saturated heterocycles. The van der Waals surface area contributed by atoms with Crippen molar-refractivity contribution in [3.63, 3.8) is 0 Å². The Morgan fingerprint density at radius 3 is 2.76 bits per heavy atom. The van der Waals surface area contributed by atoms with E-state index in [2.05, 4.69) is 15.3 Å². The van der Waals surface area contributed by atoms with Crippen LogP contribution in [0.3, 0.4) is 0 Å². The zero-order valence-electron chi connectivity index (χ0n) is 13.7. The Morgan fingerprint density at radius 1 is 1.40 bits per heavy atom. The number of rotatable bonds is 6. The number of carbonyl (C=O) groups is 2. The van der Waals surface area contributed by atoms with Crippen molar-refractivity contribution in [3.05, 3.63) is 41.0 Å². The molecule has 0 spiro atoms. The van der Waals surface area contributed by atoms with Crippen molar-refractivity contribution >= 4 is 46.7 Å². The van der Waals surface area contributed by atoms with Gasteiger partial charge in [0.15, 0.2) is 5.16 Å². The van der Waals surface area contributed by atoms with E-state index in [4.69, 9.17) is 22.1 Å². The van der Waals surface area contributed by atoms with Crippen LogP contribution in [0.2, 0.25) is 5.02 Å². The maximum absolute atomic E-state index is 12.3. The summed E-state index contributed by atoms with van der Waals surface area (Å²) in [5.74, 6) is -0.828. The Balaban J connectivity index is 2.03. The van der Waals surface area contributed by atoms with Crippen LogP contribution in [-0.2, 0) is 9.53 Å². The highest BCUT2D eigenvalue weighted by Gasteiger charge is 2.19. The standard InChI is InChI=1S/C16H17ClN4O3S/c1-3-24-15(23)10-8-19-16(21-13(10)18)25-9(2)14(22)20-12-7-5-4-6-11(12)17/h4-9H,3H2,1-2H3,(H,20,22)(H2,18,19,21)/t9-/m0/s1. The molecule has 7 nitrogen and oxygen atoms in total. The first-order chi connectivity index (χ1) is 11.9. The predicted octanol–water partition coefficient (Wildman–Crippen LogP) is 3.01. The SMILES string of the molecule is CCOC(=O)c1cnc(S[C@@H](C)C(=O)Nc2ccccc2Cl)nc1N. The molecule has 0 fully saturated rings. The van der Waals surface area contributed by atoms with Crippen LogP contribution in [-0.4, -0.2) is 33.7 Å². The number of hydrogen-bond donors (Lipinski definition) is 2. The minimum atomic E-state index is -0.582. The van der Waals surface area contributed by atoms with Gasteiger partial charge in [-0.25, -0.2) is 14.8 Å². The van der Waals surface area contributed by atoms with Gasteiger partial charge in [0.05, 0.1) is 22.6 Å². The number of benzene rings is 1. The Morgan fingerprint density at radius 2 is 2.12 bits per heavy atom. The molecule has 0 aliphatic carbocycles. The van der Waals surface area contributed by atoms with E-state index >= 15 is 0 Å². The van der Waals surface area contributed by atoms with Crippen LogP contribution >= 0.6 is 23.4 Å². The zero-order valence-corrected chi connectivity index (χ0v) is 15.2. The lowest BCUT2D eigenvalue weighted by Crippen LogP contribution is -2.23. The van der Waals surface area contributed by atoms with Gasteiger partial charge >= 0.3 is 5.97 Å². The maximum Gasteiger partial charge on any atom is 0.343 e. The van der Waals surface area contributed by atoms with Crippen LogP contribution in [0.15, 0.2) is 35.6 Å². The van der Waals surface area contributed by atoms with E-state index in [1.807, 2.05) is 0 Å². The average molecular weight is 381 g/mol. The van der Waals surface area contributed by atoms with Gasteiger partial charge in [-0.2, -0.15) is 0 Å². The summed E-state index contributed by atoms with van der Waals surface area (Å²) in [6.07, 6.45) is 1.29. The van der Waals surface area contributed by atoms with Crippen LogP contribution in [0.5, 0.6) is 0 Å². The molecule has 3 N–H and O–H groups in total. The second-order valence-electron chi connectivity index (χ2n) is 4.90. The number of ether oxygens (including phenoxy) is 1. The number of para-hydroxylation sites is 1. The summed E-state index contributed by atoms with van der Waals surface area (Å²) in [6.45, 7) is 3.63. The summed E-state index contributed by atoms with van der Waals surface area (Å²) in [5, 5.41) is 2.98. The minimum Gasteiger partial charge on any atom is -0.462 e. The lowest BCUT2D eigenvalue weighted by molar-refractivity contribution is -0.115. The second kappa shape index (κ2) is 8.68. The monoisotopic (exact) mass is 380 g/mol. The number of nitrogens with two attached hydrogens (primary N) is 1. The van der Waals surface area contributed by atoms with E-state index in [0.29, 0.717) is 10.7 Å². The van der Waals surface area contributed by atoms with Gasteiger partial charge in [-0.3, -0.25) is 4.79 Å². The summed E-state index contributed by atoms with van der Waals surface area (Å²) >= 11 is 7.14. The number of nitrogen functional groups attached to an aromatic ring is 1.